The molecule has 4 atom stereocenters. The van der Waals surface area contributed by atoms with Crippen LogP contribution in [-0.2, 0) is 4.79 Å². The van der Waals surface area contributed by atoms with Crippen molar-refractivity contribution in [3.05, 3.63) is 0 Å². The van der Waals surface area contributed by atoms with Gasteiger partial charge in [0.2, 0.25) is 5.91 Å². The fraction of sp³-hybridized carbons (Fsp3) is 0.933. The third kappa shape index (κ3) is 2.18. The fourth-order valence-electron chi connectivity index (χ4n) is 4.20. The van der Waals surface area contributed by atoms with Crippen LogP contribution in [-0.4, -0.2) is 35.5 Å². The van der Waals surface area contributed by atoms with Gasteiger partial charge in [-0.25, -0.2) is 0 Å². The lowest BCUT2D eigenvalue weighted by Gasteiger charge is -2.33. The van der Waals surface area contributed by atoms with Gasteiger partial charge in [0.25, 0.3) is 0 Å². The van der Waals surface area contributed by atoms with Crippen LogP contribution in [0.25, 0.3) is 0 Å². The fourth-order valence-corrected chi connectivity index (χ4v) is 4.20. The van der Waals surface area contributed by atoms with Gasteiger partial charge in [0.1, 0.15) is 0 Å². The van der Waals surface area contributed by atoms with Crippen LogP contribution in [0.15, 0.2) is 0 Å². The Morgan fingerprint density at radius 2 is 2.11 bits per heavy atom. The third-order valence-electron chi connectivity index (χ3n) is 5.25. The molecule has 18 heavy (non-hydrogen) atoms. The van der Waals surface area contributed by atoms with Crippen molar-refractivity contribution in [1.29, 1.82) is 0 Å². The number of fused-ring (bicyclic) bond motifs is 2. The second-order valence-corrected chi connectivity index (χ2v) is 6.33. The van der Waals surface area contributed by atoms with Crippen LogP contribution in [0.3, 0.4) is 0 Å². The van der Waals surface area contributed by atoms with Crippen LogP contribution >= 0.6 is 0 Å². The first-order valence-corrected chi connectivity index (χ1v) is 7.86. The largest absolute Gasteiger partial charge is 0.339 e. The second-order valence-electron chi connectivity index (χ2n) is 6.33. The van der Waals surface area contributed by atoms with Crippen molar-refractivity contribution in [2.75, 3.05) is 6.54 Å². The smallest absolute Gasteiger partial charge is 0.227 e. The van der Waals surface area contributed by atoms with Crippen molar-refractivity contribution in [3.8, 4) is 0 Å². The Morgan fingerprint density at radius 1 is 1.22 bits per heavy atom. The van der Waals surface area contributed by atoms with E-state index in [1.54, 1.807) is 0 Å². The van der Waals surface area contributed by atoms with Crippen molar-refractivity contribution in [2.45, 2.75) is 76.4 Å². The molecule has 3 heterocycles. The molecule has 3 fully saturated rings. The summed E-state index contributed by atoms with van der Waals surface area (Å²) in [6, 6.07) is 1.64. The van der Waals surface area contributed by atoms with E-state index < -0.39 is 0 Å². The molecule has 102 valence electrons. The average molecular weight is 250 g/mol. The van der Waals surface area contributed by atoms with E-state index in [1.165, 1.54) is 38.5 Å². The molecule has 0 aliphatic carbocycles. The molecule has 4 unspecified atom stereocenters. The van der Waals surface area contributed by atoms with Crippen LogP contribution in [0.1, 0.15) is 58.3 Å². The zero-order valence-electron chi connectivity index (χ0n) is 11.5. The predicted octanol–water partition coefficient (Wildman–Crippen LogP) is 2.31. The van der Waals surface area contributed by atoms with E-state index >= 15 is 0 Å². The van der Waals surface area contributed by atoms with Gasteiger partial charge >= 0.3 is 0 Å². The van der Waals surface area contributed by atoms with Gasteiger partial charge in [-0.2, -0.15) is 0 Å². The quantitative estimate of drug-likeness (QED) is 0.815. The van der Waals surface area contributed by atoms with Crippen LogP contribution in [0.5, 0.6) is 0 Å². The molecule has 3 rings (SSSR count). The molecule has 3 aliphatic rings. The van der Waals surface area contributed by atoms with E-state index in [0.29, 0.717) is 24.0 Å². The summed E-state index contributed by atoms with van der Waals surface area (Å²) in [7, 11) is 0. The van der Waals surface area contributed by atoms with Gasteiger partial charge in [0.15, 0.2) is 0 Å². The van der Waals surface area contributed by atoms with Gasteiger partial charge in [0, 0.05) is 24.7 Å². The minimum atomic E-state index is 0.288. The van der Waals surface area contributed by atoms with Crippen molar-refractivity contribution in [1.82, 2.24) is 10.2 Å². The molecule has 2 bridgehead atoms. The van der Waals surface area contributed by atoms with Crippen LogP contribution in [0, 0.1) is 5.92 Å². The Kier molecular flexibility index (Phi) is 3.60. The number of carbonyl (C=O) groups excluding carboxylic acids is 1. The van der Waals surface area contributed by atoms with E-state index in [2.05, 4.69) is 17.1 Å². The first-order valence-electron chi connectivity index (χ1n) is 7.86. The molecule has 3 nitrogen and oxygen atoms in total. The summed E-state index contributed by atoms with van der Waals surface area (Å²) in [6.07, 6.45) is 9.74. The minimum Gasteiger partial charge on any atom is -0.339 e. The zero-order valence-corrected chi connectivity index (χ0v) is 11.5. The Morgan fingerprint density at radius 3 is 2.78 bits per heavy atom. The van der Waals surface area contributed by atoms with Gasteiger partial charge in [-0.05, 0) is 38.5 Å². The highest BCUT2D eigenvalue weighted by Gasteiger charge is 2.44. The summed E-state index contributed by atoms with van der Waals surface area (Å²) in [5.41, 5.74) is 0. The van der Waals surface area contributed by atoms with Gasteiger partial charge in [-0.15, -0.1) is 0 Å². The van der Waals surface area contributed by atoms with E-state index in [1.807, 2.05) is 0 Å². The lowest BCUT2D eigenvalue weighted by Crippen LogP contribution is -2.46. The summed E-state index contributed by atoms with van der Waals surface area (Å²) in [5, 5.41) is 3.60. The first-order chi connectivity index (χ1) is 8.79. The maximum atomic E-state index is 12.8. The summed E-state index contributed by atoms with van der Waals surface area (Å²) in [6.45, 7) is 3.24. The van der Waals surface area contributed by atoms with Crippen LogP contribution in [0.2, 0.25) is 0 Å². The molecule has 1 N–H and O–H groups in total. The molecular formula is C15H26N2O. The molecule has 0 aromatic rings. The molecular weight excluding hydrogens is 224 g/mol. The normalized spacial score (nSPS) is 39.9. The minimum absolute atomic E-state index is 0.288. The van der Waals surface area contributed by atoms with E-state index in [9.17, 15) is 4.79 Å². The molecule has 3 heteroatoms. The van der Waals surface area contributed by atoms with Crippen molar-refractivity contribution >= 4 is 5.91 Å². The number of carbonyl (C=O) groups is 1. The molecule has 3 saturated heterocycles. The SMILES string of the molecule is CCC1CCCCCN1C(=O)C1CC2CCC1N2. The monoisotopic (exact) mass is 250 g/mol. The number of likely N-dealkylation sites (tertiary alicyclic amines) is 1. The maximum absolute atomic E-state index is 12.8. The zero-order chi connectivity index (χ0) is 12.5. The van der Waals surface area contributed by atoms with Crippen LogP contribution in [0.4, 0.5) is 0 Å². The molecule has 0 aromatic heterocycles. The van der Waals surface area contributed by atoms with E-state index in [0.717, 1.165) is 19.4 Å². The summed E-state index contributed by atoms with van der Waals surface area (Å²) < 4.78 is 0. The highest BCUT2D eigenvalue weighted by molar-refractivity contribution is 5.80. The van der Waals surface area contributed by atoms with Gasteiger partial charge in [0.05, 0.1) is 5.92 Å². The van der Waals surface area contributed by atoms with Gasteiger partial charge in [-0.3, -0.25) is 4.79 Å². The molecule has 0 saturated carbocycles. The number of rotatable bonds is 2. The predicted molar refractivity (Wildman–Crippen MR) is 72.3 cm³/mol. The second kappa shape index (κ2) is 5.20. The number of hydrogen-bond donors (Lipinski definition) is 1. The van der Waals surface area contributed by atoms with Crippen LogP contribution < -0.4 is 5.32 Å². The lowest BCUT2D eigenvalue weighted by atomic mass is 9.87. The van der Waals surface area contributed by atoms with Crippen molar-refractivity contribution < 1.29 is 4.79 Å². The summed E-state index contributed by atoms with van der Waals surface area (Å²) in [4.78, 5) is 15.0. The molecule has 0 radical (unpaired) electrons. The standard InChI is InChI=1S/C15H26N2O/c1-2-12-6-4-3-5-9-17(12)15(18)13-10-11-7-8-14(13)16-11/h11-14,16H,2-10H2,1H3. The Bertz CT molecular complexity index is 318. The molecule has 3 aliphatic heterocycles. The van der Waals surface area contributed by atoms with E-state index in [-0.39, 0.29) is 5.92 Å². The molecule has 1 amide bonds. The topological polar surface area (TPSA) is 32.3 Å². The van der Waals surface area contributed by atoms with Crippen molar-refractivity contribution in [2.24, 2.45) is 5.92 Å². The molecule has 0 aromatic carbocycles. The number of hydrogen-bond acceptors (Lipinski definition) is 2. The van der Waals surface area contributed by atoms with E-state index in [4.69, 9.17) is 0 Å². The van der Waals surface area contributed by atoms with Crippen molar-refractivity contribution in [3.63, 3.8) is 0 Å². The Balaban J connectivity index is 1.69. The third-order valence-corrected chi connectivity index (χ3v) is 5.25. The summed E-state index contributed by atoms with van der Waals surface area (Å²) in [5.74, 6) is 0.749. The number of nitrogens with zero attached hydrogens (tertiary/aromatic N) is 1. The highest BCUT2D eigenvalue weighted by atomic mass is 16.2. The first kappa shape index (κ1) is 12.5. The molecule has 0 spiro atoms. The number of nitrogens with one attached hydrogen (secondary N) is 1. The Hall–Kier alpha value is -0.570. The lowest BCUT2D eigenvalue weighted by molar-refractivity contribution is -0.138. The van der Waals surface area contributed by atoms with Gasteiger partial charge < -0.3 is 10.2 Å². The number of amides is 1. The maximum Gasteiger partial charge on any atom is 0.227 e. The highest BCUT2D eigenvalue weighted by Crippen LogP contribution is 2.35. The summed E-state index contributed by atoms with van der Waals surface area (Å²) >= 11 is 0. The van der Waals surface area contributed by atoms with Gasteiger partial charge in [-0.1, -0.05) is 19.8 Å². The average Bonchev–Trinajstić information content (AvgIpc) is 2.93. The Labute approximate surface area is 110 Å².